The average Bonchev–Trinajstić information content (AvgIpc) is 2.66. The zero-order valence-corrected chi connectivity index (χ0v) is 17.6. The summed E-state index contributed by atoms with van der Waals surface area (Å²) in [7, 11) is 0. The molecule has 1 atom stereocenters. The number of nitrogens with one attached hydrogen (secondary N) is 2. The summed E-state index contributed by atoms with van der Waals surface area (Å²) in [5, 5.41) is 5.81. The molecule has 1 aromatic carbocycles. The second kappa shape index (κ2) is 9.85. The van der Waals surface area contributed by atoms with Gasteiger partial charge in [0.05, 0.1) is 12.6 Å². The molecule has 1 heterocycles. The number of carbonyl (C=O) groups excluding carboxylic acids is 2. The van der Waals surface area contributed by atoms with Gasteiger partial charge < -0.3 is 10.6 Å². The van der Waals surface area contributed by atoms with Crippen molar-refractivity contribution in [3.8, 4) is 0 Å². The number of piperazine rings is 1. The highest BCUT2D eigenvalue weighted by atomic mass is 16.2. The van der Waals surface area contributed by atoms with Crippen LogP contribution in [0.3, 0.4) is 0 Å². The van der Waals surface area contributed by atoms with Gasteiger partial charge in [-0.15, -0.1) is 6.58 Å². The first-order valence-electron chi connectivity index (χ1n) is 9.96. The van der Waals surface area contributed by atoms with Crippen LogP contribution in [0.1, 0.15) is 33.3 Å². The van der Waals surface area contributed by atoms with E-state index in [1.54, 1.807) is 6.08 Å². The Kier molecular flexibility index (Phi) is 7.78. The first kappa shape index (κ1) is 22.1. The van der Waals surface area contributed by atoms with E-state index < -0.39 is 0 Å². The minimum atomic E-state index is -0.209. The summed E-state index contributed by atoms with van der Waals surface area (Å²) in [6.45, 7) is 16.0. The van der Waals surface area contributed by atoms with Crippen LogP contribution in [0.4, 0.5) is 5.69 Å². The van der Waals surface area contributed by atoms with Crippen molar-refractivity contribution in [3.05, 3.63) is 42.5 Å². The molecule has 28 heavy (non-hydrogen) atoms. The lowest BCUT2D eigenvalue weighted by molar-refractivity contribution is -0.124. The van der Waals surface area contributed by atoms with Gasteiger partial charge in [-0.1, -0.05) is 39.0 Å². The van der Waals surface area contributed by atoms with Gasteiger partial charge in [-0.2, -0.15) is 0 Å². The third-order valence-electron chi connectivity index (χ3n) is 5.16. The molecule has 0 aromatic heterocycles. The number of hydrogen-bond donors (Lipinski definition) is 2. The van der Waals surface area contributed by atoms with Gasteiger partial charge in [0, 0.05) is 38.4 Å². The second-order valence-electron chi connectivity index (χ2n) is 8.40. The lowest BCUT2D eigenvalue weighted by atomic mass is 9.87. The molecule has 1 unspecified atom stereocenters. The van der Waals surface area contributed by atoms with Gasteiger partial charge in [0.2, 0.25) is 11.8 Å². The van der Waals surface area contributed by atoms with E-state index >= 15 is 0 Å². The molecule has 2 N–H and O–H groups in total. The molecule has 2 amide bonds. The molecule has 6 heteroatoms. The van der Waals surface area contributed by atoms with Crippen LogP contribution in [0.25, 0.3) is 0 Å². The van der Waals surface area contributed by atoms with Gasteiger partial charge in [0.25, 0.3) is 0 Å². The summed E-state index contributed by atoms with van der Waals surface area (Å²) >= 11 is 0. The Labute approximate surface area is 169 Å². The molecule has 1 aromatic rings. The SMILES string of the molecule is C=CCNC(=O)CN1CCN(C(C)C(=O)Nc2ccc(C(C)(C)C)cc2)CC1. The number of amides is 2. The van der Waals surface area contributed by atoms with Crippen molar-refractivity contribution in [2.24, 2.45) is 0 Å². The number of anilines is 1. The van der Waals surface area contributed by atoms with Crippen LogP contribution in [0.2, 0.25) is 0 Å². The Hall–Kier alpha value is -2.18. The van der Waals surface area contributed by atoms with Gasteiger partial charge in [-0.3, -0.25) is 19.4 Å². The summed E-state index contributed by atoms with van der Waals surface area (Å²) in [5.41, 5.74) is 2.16. The Balaban J connectivity index is 1.81. The lowest BCUT2D eigenvalue weighted by Gasteiger charge is -2.37. The zero-order valence-electron chi connectivity index (χ0n) is 17.6. The fraction of sp³-hybridized carbons (Fsp3) is 0.545. The third-order valence-corrected chi connectivity index (χ3v) is 5.16. The van der Waals surface area contributed by atoms with E-state index in [0.29, 0.717) is 13.1 Å². The van der Waals surface area contributed by atoms with Crippen molar-refractivity contribution in [3.63, 3.8) is 0 Å². The van der Waals surface area contributed by atoms with E-state index in [9.17, 15) is 9.59 Å². The Bertz CT molecular complexity index is 671. The van der Waals surface area contributed by atoms with E-state index in [1.807, 2.05) is 19.1 Å². The molecule has 154 valence electrons. The first-order valence-corrected chi connectivity index (χ1v) is 9.96. The van der Waals surface area contributed by atoms with Gasteiger partial charge in [0.1, 0.15) is 0 Å². The van der Waals surface area contributed by atoms with Crippen LogP contribution in [0, 0.1) is 0 Å². The van der Waals surface area contributed by atoms with Crippen LogP contribution >= 0.6 is 0 Å². The second-order valence-corrected chi connectivity index (χ2v) is 8.40. The summed E-state index contributed by atoms with van der Waals surface area (Å²) in [5.74, 6) is 0.0125. The number of rotatable bonds is 7. The van der Waals surface area contributed by atoms with E-state index in [1.165, 1.54) is 5.56 Å². The topological polar surface area (TPSA) is 64.7 Å². The summed E-state index contributed by atoms with van der Waals surface area (Å²) in [6.07, 6.45) is 1.67. The van der Waals surface area contributed by atoms with Crippen LogP contribution in [0.15, 0.2) is 36.9 Å². The molecule has 1 aliphatic rings. The van der Waals surface area contributed by atoms with Crippen LogP contribution in [-0.4, -0.2) is 66.9 Å². The van der Waals surface area contributed by atoms with E-state index in [2.05, 4.69) is 59.9 Å². The van der Waals surface area contributed by atoms with Crippen LogP contribution < -0.4 is 10.6 Å². The van der Waals surface area contributed by atoms with Gasteiger partial charge in [0.15, 0.2) is 0 Å². The summed E-state index contributed by atoms with van der Waals surface area (Å²) < 4.78 is 0. The maximum Gasteiger partial charge on any atom is 0.241 e. The Morgan fingerprint density at radius 1 is 1.14 bits per heavy atom. The molecule has 0 spiro atoms. The minimum Gasteiger partial charge on any atom is -0.352 e. The first-order chi connectivity index (χ1) is 13.2. The molecule has 0 aliphatic carbocycles. The maximum atomic E-state index is 12.6. The zero-order chi connectivity index (χ0) is 20.7. The van der Waals surface area contributed by atoms with Gasteiger partial charge >= 0.3 is 0 Å². The fourth-order valence-corrected chi connectivity index (χ4v) is 3.22. The average molecular weight is 387 g/mol. The molecule has 6 nitrogen and oxygen atoms in total. The minimum absolute atomic E-state index is 0.000634. The van der Waals surface area contributed by atoms with Crippen molar-refractivity contribution < 1.29 is 9.59 Å². The molecule has 0 saturated carbocycles. The van der Waals surface area contributed by atoms with Gasteiger partial charge in [-0.05, 0) is 30.0 Å². The van der Waals surface area contributed by atoms with E-state index in [-0.39, 0.29) is 23.3 Å². The largest absolute Gasteiger partial charge is 0.352 e. The fourth-order valence-electron chi connectivity index (χ4n) is 3.22. The van der Waals surface area contributed by atoms with Crippen molar-refractivity contribution in [2.45, 2.75) is 39.2 Å². The summed E-state index contributed by atoms with van der Waals surface area (Å²) in [6, 6.07) is 7.85. The van der Waals surface area contributed by atoms with Crippen molar-refractivity contribution in [2.75, 3.05) is 44.6 Å². The molecular formula is C22H34N4O2. The predicted molar refractivity (Wildman–Crippen MR) is 114 cm³/mol. The molecule has 1 saturated heterocycles. The molecule has 1 aliphatic heterocycles. The molecule has 0 radical (unpaired) electrons. The highest BCUT2D eigenvalue weighted by Crippen LogP contribution is 2.23. The Morgan fingerprint density at radius 3 is 2.29 bits per heavy atom. The molecule has 1 fully saturated rings. The normalized spacial score (nSPS) is 17.0. The molecule has 2 rings (SSSR count). The molecule has 0 bridgehead atoms. The quantitative estimate of drug-likeness (QED) is 0.706. The molecular weight excluding hydrogens is 352 g/mol. The number of carbonyl (C=O) groups is 2. The smallest absolute Gasteiger partial charge is 0.241 e. The van der Waals surface area contributed by atoms with Crippen molar-refractivity contribution in [1.82, 2.24) is 15.1 Å². The van der Waals surface area contributed by atoms with E-state index in [0.717, 1.165) is 31.9 Å². The number of benzene rings is 1. The van der Waals surface area contributed by atoms with Crippen molar-refractivity contribution in [1.29, 1.82) is 0 Å². The van der Waals surface area contributed by atoms with Crippen molar-refractivity contribution >= 4 is 17.5 Å². The van der Waals surface area contributed by atoms with E-state index in [4.69, 9.17) is 0 Å². The number of nitrogens with zero attached hydrogens (tertiary/aromatic N) is 2. The maximum absolute atomic E-state index is 12.6. The monoisotopic (exact) mass is 386 g/mol. The predicted octanol–water partition coefficient (Wildman–Crippen LogP) is 2.23. The van der Waals surface area contributed by atoms with Crippen LogP contribution in [0.5, 0.6) is 0 Å². The highest BCUT2D eigenvalue weighted by Gasteiger charge is 2.26. The highest BCUT2D eigenvalue weighted by molar-refractivity contribution is 5.94. The lowest BCUT2D eigenvalue weighted by Crippen LogP contribution is -2.54. The third kappa shape index (κ3) is 6.46. The van der Waals surface area contributed by atoms with Crippen LogP contribution in [-0.2, 0) is 15.0 Å². The standard InChI is InChI=1S/C22H34N4O2/c1-6-11-23-20(27)16-25-12-14-26(15-13-25)17(2)21(28)24-19-9-7-18(8-10-19)22(3,4)5/h6-10,17H,1,11-16H2,2-5H3,(H,23,27)(H,24,28). The summed E-state index contributed by atoms with van der Waals surface area (Å²) in [4.78, 5) is 28.7. The number of hydrogen-bond acceptors (Lipinski definition) is 4. The van der Waals surface area contributed by atoms with Gasteiger partial charge in [-0.25, -0.2) is 0 Å². The Morgan fingerprint density at radius 2 is 1.75 bits per heavy atom.